The molecule has 0 aliphatic heterocycles. The lowest BCUT2D eigenvalue weighted by atomic mass is 10.2. The van der Waals surface area contributed by atoms with Crippen LogP contribution < -0.4 is 5.32 Å². The second-order valence-corrected chi connectivity index (χ2v) is 9.73. The fourth-order valence-corrected chi connectivity index (χ4v) is 4.70. The molecule has 0 unspecified atom stereocenters. The summed E-state index contributed by atoms with van der Waals surface area (Å²) < 4.78 is 66.6. The molecule has 3 aromatic carbocycles. The molecule has 174 valence electrons. The Hall–Kier alpha value is -2.59. The number of sulfonamides is 1. The Balaban J connectivity index is 1.87. The van der Waals surface area contributed by atoms with Crippen molar-refractivity contribution in [1.29, 1.82) is 0 Å². The number of nitrogens with zero attached hydrogens (tertiary/aromatic N) is 1. The predicted octanol–water partition coefficient (Wildman–Crippen LogP) is 5.84. The van der Waals surface area contributed by atoms with Gasteiger partial charge in [-0.1, -0.05) is 53.5 Å². The van der Waals surface area contributed by atoms with Crippen LogP contribution in [0.25, 0.3) is 0 Å². The zero-order chi connectivity index (χ0) is 24.2. The van der Waals surface area contributed by atoms with E-state index in [-0.39, 0.29) is 17.1 Å². The minimum Gasteiger partial charge on any atom is -0.325 e. The minimum absolute atomic E-state index is 0.0300. The molecule has 0 aliphatic rings. The molecule has 1 amide bonds. The minimum atomic E-state index is -4.71. The van der Waals surface area contributed by atoms with E-state index in [4.69, 9.17) is 23.2 Å². The third-order valence-corrected chi connectivity index (χ3v) is 6.92. The second-order valence-electron chi connectivity index (χ2n) is 6.95. The van der Waals surface area contributed by atoms with Crippen LogP contribution in [-0.4, -0.2) is 25.2 Å². The summed E-state index contributed by atoms with van der Waals surface area (Å²) in [6.07, 6.45) is -4.71. The van der Waals surface area contributed by atoms with Crippen molar-refractivity contribution in [2.24, 2.45) is 0 Å². The van der Waals surface area contributed by atoms with Gasteiger partial charge in [-0.3, -0.25) is 4.79 Å². The quantitative estimate of drug-likeness (QED) is 0.428. The van der Waals surface area contributed by atoms with Crippen molar-refractivity contribution in [2.75, 3.05) is 11.9 Å². The second kappa shape index (κ2) is 10.1. The monoisotopic (exact) mass is 516 g/mol. The van der Waals surface area contributed by atoms with Crippen LogP contribution in [0.5, 0.6) is 0 Å². The van der Waals surface area contributed by atoms with E-state index >= 15 is 0 Å². The van der Waals surface area contributed by atoms with Crippen molar-refractivity contribution in [3.8, 4) is 0 Å². The highest BCUT2D eigenvalue weighted by atomic mass is 35.5. The predicted molar refractivity (Wildman–Crippen MR) is 121 cm³/mol. The number of carbonyl (C=O) groups is 1. The lowest BCUT2D eigenvalue weighted by molar-refractivity contribution is -0.137. The first-order chi connectivity index (χ1) is 15.5. The molecule has 0 saturated carbocycles. The van der Waals surface area contributed by atoms with Crippen LogP contribution in [0.2, 0.25) is 10.0 Å². The molecular formula is C22H17Cl2F3N2O3S. The van der Waals surface area contributed by atoms with Gasteiger partial charge in [0.1, 0.15) is 0 Å². The molecule has 3 rings (SSSR count). The zero-order valence-corrected chi connectivity index (χ0v) is 19.1. The van der Waals surface area contributed by atoms with Gasteiger partial charge in [0.25, 0.3) is 0 Å². The first kappa shape index (κ1) is 25.0. The van der Waals surface area contributed by atoms with Crippen LogP contribution in [-0.2, 0) is 27.5 Å². The maximum Gasteiger partial charge on any atom is 0.417 e. The molecule has 0 aliphatic carbocycles. The molecule has 5 nitrogen and oxygen atoms in total. The van der Waals surface area contributed by atoms with Crippen LogP contribution in [0, 0.1) is 0 Å². The van der Waals surface area contributed by atoms with Crippen LogP contribution >= 0.6 is 23.2 Å². The Morgan fingerprint density at radius 2 is 1.58 bits per heavy atom. The molecular weight excluding hydrogens is 500 g/mol. The van der Waals surface area contributed by atoms with Gasteiger partial charge in [-0.25, -0.2) is 8.42 Å². The van der Waals surface area contributed by atoms with E-state index in [9.17, 15) is 26.4 Å². The normalized spacial score (nSPS) is 12.1. The summed E-state index contributed by atoms with van der Waals surface area (Å²) in [5, 5.41) is 2.24. The third-order valence-electron chi connectivity index (χ3n) is 4.53. The molecule has 0 fully saturated rings. The number of carbonyl (C=O) groups excluding carboxylic acids is 1. The molecule has 0 aromatic heterocycles. The van der Waals surface area contributed by atoms with Crippen LogP contribution in [0.4, 0.5) is 18.9 Å². The number of benzene rings is 3. The zero-order valence-electron chi connectivity index (χ0n) is 16.8. The fraction of sp³-hybridized carbons (Fsp3) is 0.136. The van der Waals surface area contributed by atoms with Gasteiger partial charge in [0.15, 0.2) is 0 Å². The molecule has 0 heterocycles. The summed E-state index contributed by atoms with van der Waals surface area (Å²) in [4.78, 5) is 12.6. The van der Waals surface area contributed by atoms with Gasteiger partial charge in [-0.2, -0.15) is 17.5 Å². The van der Waals surface area contributed by atoms with Gasteiger partial charge in [0.2, 0.25) is 15.9 Å². The van der Waals surface area contributed by atoms with E-state index in [1.54, 1.807) is 42.5 Å². The van der Waals surface area contributed by atoms with Crippen molar-refractivity contribution in [3.63, 3.8) is 0 Å². The van der Waals surface area contributed by atoms with Crippen LogP contribution in [0.15, 0.2) is 77.7 Å². The highest BCUT2D eigenvalue weighted by Gasteiger charge is 2.33. The number of nitrogens with one attached hydrogen (secondary N) is 1. The lowest BCUT2D eigenvalue weighted by Crippen LogP contribution is -2.37. The van der Waals surface area contributed by atoms with E-state index in [2.05, 4.69) is 5.32 Å². The first-order valence-electron chi connectivity index (χ1n) is 9.43. The van der Waals surface area contributed by atoms with E-state index in [0.29, 0.717) is 16.7 Å². The smallest absolute Gasteiger partial charge is 0.325 e. The maximum atomic E-state index is 13.2. The molecule has 1 N–H and O–H groups in total. The Morgan fingerprint density at radius 1 is 0.939 bits per heavy atom. The molecule has 0 radical (unpaired) electrons. The van der Waals surface area contributed by atoms with Crippen molar-refractivity contribution in [3.05, 3.63) is 94.0 Å². The summed E-state index contributed by atoms with van der Waals surface area (Å²) >= 11 is 11.5. The van der Waals surface area contributed by atoms with Crippen molar-refractivity contribution in [1.82, 2.24) is 4.31 Å². The van der Waals surface area contributed by atoms with Gasteiger partial charge in [0.05, 0.1) is 22.0 Å². The maximum absolute atomic E-state index is 13.2. The summed E-state index contributed by atoms with van der Waals surface area (Å²) in [6, 6.07) is 16.8. The Bertz CT molecular complexity index is 1240. The number of rotatable bonds is 7. The van der Waals surface area contributed by atoms with E-state index in [1.165, 1.54) is 18.2 Å². The van der Waals surface area contributed by atoms with Crippen LogP contribution in [0.1, 0.15) is 11.1 Å². The number of halogens is 5. The summed E-state index contributed by atoms with van der Waals surface area (Å²) in [5.41, 5.74) is -0.713. The Kier molecular flexibility index (Phi) is 7.69. The number of hydrogen-bond donors (Lipinski definition) is 1. The number of amides is 1. The molecule has 0 atom stereocenters. The van der Waals surface area contributed by atoms with Gasteiger partial charge in [-0.05, 0) is 48.0 Å². The van der Waals surface area contributed by atoms with Gasteiger partial charge < -0.3 is 5.32 Å². The first-order valence-corrected chi connectivity index (χ1v) is 11.6. The van der Waals surface area contributed by atoms with Crippen molar-refractivity contribution >= 4 is 44.8 Å². The molecule has 3 aromatic rings. The van der Waals surface area contributed by atoms with Crippen molar-refractivity contribution in [2.45, 2.75) is 17.6 Å². The standard InChI is InChI=1S/C22H17Cl2F3N2O3S/c23-16-8-6-15(7-9-16)13-29(33(31,32)18-4-2-1-3-5-18)14-21(30)28-17-10-11-20(24)19(12-17)22(25,26)27/h1-12H,13-14H2,(H,28,30). The highest BCUT2D eigenvalue weighted by molar-refractivity contribution is 7.89. The number of anilines is 1. The topological polar surface area (TPSA) is 66.5 Å². The Morgan fingerprint density at radius 3 is 2.18 bits per heavy atom. The molecule has 0 saturated heterocycles. The summed E-state index contributed by atoms with van der Waals surface area (Å²) in [6.45, 7) is -0.792. The van der Waals surface area contributed by atoms with Gasteiger partial charge in [0, 0.05) is 17.3 Å². The van der Waals surface area contributed by atoms with E-state index in [0.717, 1.165) is 10.4 Å². The van der Waals surface area contributed by atoms with E-state index in [1.807, 2.05) is 0 Å². The average Bonchev–Trinajstić information content (AvgIpc) is 2.76. The third kappa shape index (κ3) is 6.48. The molecule has 11 heteroatoms. The molecule has 0 spiro atoms. The fourth-order valence-electron chi connectivity index (χ4n) is 2.94. The van der Waals surface area contributed by atoms with Gasteiger partial charge in [-0.15, -0.1) is 0 Å². The van der Waals surface area contributed by atoms with Crippen LogP contribution in [0.3, 0.4) is 0 Å². The lowest BCUT2D eigenvalue weighted by Gasteiger charge is -2.22. The molecule has 0 bridgehead atoms. The largest absolute Gasteiger partial charge is 0.417 e. The molecule has 33 heavy (non-hydrogen) atoms. The Labute approximate surface area is 198 Å². The summed E-state index contributed by atoms with van der Waals surface area (Å²) in [7, 11) is -4.10. The van der Waals surface area contributed by atoms with Gasteiger partial charge >= 0.3 is 6.18 Å². The number of alkyl halides is 3. The SMILES string of the molecule is O=C(CN(Cc1ccc(Cl)cc1)S(=O)(=O)c1ccccc1)Nc1ccc(Cl)c(C(F)(F)F)c1. The summed E-state index contributed by atoms with van der Waals surface area (Å²) in [5.74, 6) is -0.820. The highest BCUT2D eigenvalue weighted by Crippen LogP contribution is 2.36. The van der Waals surface area contributed by atoms with E-state index < -0.39 is 39.2 Å². The van der Waals surface area contributed by atoms with Crippen molar-refractivity contribution < 1.29 is 26.4 Å². The average molecular weight is 517 g/mol. The number of hydrogen-bond acceptors (Lipinski definition) is 3.